The van der Waals surface area contributed by atoms with E-state index in [0.29, 0.717) is 17.8 Å². The lowest BCUT2D eigenvalue weighted by Gasteiger charge is -2.13. The molecule has 3 aromatic carbocycles. The van der Waals surface area contributed by atoms with Crippen molar-refractivity contribution in [2.45, 2.75) is 0 Å². The second-order valence-corrected chi connectivity index (χ2v) is 10.9. The molecule has 210 valence electrons. The van der Waals surface area contributed by atoms with Crippen molar-refractivity contribution in [3.05, 3.63) is 128 Å². The number of hydrogen-bond acceptors (Lipinski definition) is 6. The first kappa shape index (κ1) is 24.0. The van der Waals surface area contributed by atoms with E-state index in [4.69, 9.17) is 29.9 Å². The molecule has 0 fully saturated rings. The molecule has 9 nitrogen and oxygen atoms in total. The average Bonchev–Trinajstić information content (AvgIpc) is 3.74. The van der Waals surface area contributed by atoms with Crippen LogP contribution in [0.5, 0.6) is 0 Å². The Kier molecular flexibility index (Phi) is 4.81. The van der Waals surface area contributed by atoms with Crippen LogP contribution in [-0.2, 0) is 0 Å². The lowest BCUT2D eigenvalue weighted by atomic mass is 10.2. The van der Waals surface area contributed by atoms with E-state index in [1.165, 1.54) is 0 Å². The van der Waals surface area contributed by atoms with Crippen LogP contribution in [0, 0.1) is 0 Å². The third-order valence-corrected chi connectivity index (χ3v) is 8.48. The molecule has 0 saturated carbocycles. The van der Waals surface area contributed by atoms with Crippen LogP contribution in [0.1, 0.15) is 0 Å². The van der Waals surface area contributed by atoms with Gasteiger partial charge in [-0.3, -0.25) is 28.7 Å². The van der Waals surface area contributed by atoms with Crippen LogP contribution in [0.2, 0.25) is 0 Å². The summed E-state index contributed by atoms with van der Waals surface area (Å²) >= 11 is 0. The highest BCUT2D eigenvalue weighted by Crippen LogP contribution is 2.34. The van der Waals surface area contributed by atoms with Crippen LogP contribution in [0.15, 0.2) is 128 Å². The summed E-state index contributed by atoms with van der Waals surface area (Å²) in [5.41, 5.74) is 8.28. The van der Waals surface area contributed by atoms with E-state index in [0.717, 1.165) is 65.8 Å². The third-order valence-electron chi connectivity index (χ3n) is 8.48. The van der Waals surface area contributed by atoms with Gasteiger partial charge in [0.1, 0.15) is 0 Å². The second kappa shape index (κ2) is 9.01. The van der Waals surface area contributed by atoms with Gasteiger partial charge in [-0.1, -0.05) is 54.6 Å². The molecule has 7 heterocycles. The maximum absolute atomic E-state index is 5.21. The van der Waals surface area contributed by atoms with E-state index in [9.17, 15) is 0 Å². The zero-order valence-electron chi connectivity index (χ0n) is 23.6. The average molecular weight is 580 g/mol. The number of rotatable bonds is 3. The molecule has 0 radical (unpaired) electrons. The smallest absolute Gasteiger partial charge is 0.241 e. The van der Waals surface area contributed by atoms with Crippen molar-refractivity contribution in [1.82, 2.24) is 43.6 Å². The quantitative estimate of drug-likeness (QED) is 0.217. The fraction of sp³-hybridized carbons (Fsp3) is 0. The minimum atomic E-state index is 0.485. The Hall–Kier alpha value is -6.48. The molecular weight excluding hydrogens is 558 g/mol. The van der Waals surface area contributed by atoms with Crippen LogP contribution < -0.4 is 0 Å². The number of nitrogens with zero attached hydrogens (tertiary/aromatic N) is 9. The van der Waals surface area contributed by atoms with Gasteiger partial charge in [-0.05, 0) is 54.6 Å². The Morgan fingerprint density at radius 3 is 0.933 bits per heavy atom. The molecule has 0 amide bonds. The molecule has 9 heteroatoms. The molecule has 0 bridgehead atoms. The monoisotopic (exact) mass is 579 g/mol. The molecule has 0 unspecified atom stereocenters. The summed E-state index contributed by atoms with van der Waals surface area (Å²) in [6, 6.07) is 36.6. The topological polar surface area (TPSA) is 92.1 Å². The van der Waals surface area contributed by atoms with Gasteiger partial charge < -0.3 is 0 Å². The third kappa shape index (κ3) is 3.31. The van der Waals surface area contributed by atoms with Gasteiger partial charge in [0.05, 0.1) is 49.7 Å². The first-order chi connectivity index (χ1) is 22.3. The van der Waals surface area contributed by atoms with Crippen molar-refractivity contribution in [1.29, 1.82) is 0 Å². The van der Waals surface area contributed by atoms with E-state index >= 15 is 0 Å². The minimum absolute atomic E-state index is 0.485. The van der Waals surface area contributed by atoms with E-state index in [1.54, 1.807) is 0 Å². The van der Waals surface area contributed by atoms with Gasteiger partial charge in [-0.25, -0.2) is 0 Å². The van der Waals surface area contributed by atoms with Gasteiger partial charge >= 0.3 is 0 Å². The van der Waals surface area contributed by atoms with Gasteiger partial charge in [0.2, 0.25) is 17.8 Å². The van der Waals surface area contributed by atoms with Crippen LogP contribution in [-0.4, -0.2) is 43.6 Å². The largest absolute Gasteiger partial charge is 0.276 e. The number of hydrogen-bond donors (Lipinski definition) is 0. The highest BCUT2D eigenvalue weighted by molar-refractivity contribution is 6.08. The number of para-hydroxylation sites is 3. The Labute approximate surface area is 254 Å². The molecule has 10 rings (SSSR count). The van der Waals surface area contributed by atoms with Crippen molar-refractivity contribution < 1.29 is 0 Å². The van der Waals surface area contributed by atoms with Gasteiger partial charge in [0, 0.05) is 34.7 Å². The summed E-state index contributed by atoms with van der Waals surface area (Å²) in [5.74, 6) is 1.46. The van der Waals surface area contributed by atoms with E-state index in [1.807, 2.05) is 73.2 Å². The minimum Gasteiger partial charge on any atom is -0.276 e. The van der Waals surface area contributed by atoms with Crippen molar-refractivity contribution in [3.8, 4) is 17.8 Å². The van der Waals surface area contributed by atoms with Gasteiger partial charge in [0.15, 0.2) is 0 Å². The summed E-state index contributed by atoms with van der Waals surface area (Å²) in [6.07, 6.45) is 5.46. The Balaban J connectivity index is 1.38. The first-order valence-corrected chi connectivity index (χ1v) is 14.6. The van der Waals surface area contributed by atoms with Gasteiger partial charge in [0.25, 0.3) is 0 Å². The van der Waals surface area contributed by atoms with Crippen molar-refractivity contribution >= 4 is 65.8 Å². The molecule has 0 saturated heterocycles. The summed E-state index contributed by atoms with van der Waals surface area (Å²) in [6.45, 7) is 0. The van der Waals surface area contributed by atoms with Crippen LogP contribution in [0.25, 0.3) is 83.7 Å². The second-order valence-electron chi connectivity index (χ2n) is 10.9. The molecule has 10 aromatic rings. The summed E-state index contributed by atoms with van der Waals surface area (Å²) in [7, 11) is 0. The van der Waals surface area contributed by atoms with Gasteiger partial charge in [-0.15, -0.1) is 0 Å². The molecule has 45 heavy (non-hydrogen) atoms. The van der Waals surface area contributed by atoms with Crippen molar-refractivity contribution in [3.63, 3.8) is 0 Å². The molecule has 0 spiro atoms. The summed E-state index contributed by atoms with van der Waals surface area (Å²) in [5, 5.41) is 3.08. The molecule has 0 aliphatic heterocycles. The Bertz CT molecular complexity index is 2310. The van der Waals surface area contributed by atoms with Crippen LogP contribution in [0.4, 0.5) is 0 Å². The van der Waals surface area contributed by atoms with Crippen LogP contribution in [0.3, 0.4) is 0 Å². The lowest BCUT2D eigenvalue weighted by Crippen LogP contribution is -2.13. The summed E-state index contributed by atoms with van der Waals surface area (Å²) in [4.78, 5) is 29.9. The molecular formula is C36H21N9. The predicted octanol–water partition coefficient (Wildman–Crippen LogP) is 7.35. The number of fused-ring (bicyclic) bond motifs is 9. The predicted molar refractivity (Wildman–Crippen MR) is 176 cm³/mol. The standard InChI is InChI=1S/C36H21N9/c1-4-13-25-22(10-1)31-28(16-7-19-37-31)43(25)34-40-35(44-26-14-5-2-11-23(26)32-29(44)17-8-20-38-32)42-36(41-34)45-27-15-6-3-12-24(27)33-30(45)18-9-21-39-33/h1-21H. The Morgan fingerprint density at radius 2 is 0.600 bits per heavy atom. The number of benzene rings is 3. The fourth-order valence-corrected chi connectivity index (χ4v) is 6.64. The van der Waals surface area contributed by atoms with Crippen molar-refractivity contribution in [2.75, 3.05) is 0 Å². The fourth-order valence-electron chi connectivity index (χ4n) is 6.64. The van der Waals surface area contributed by atoms with Gasteiger partial charge in [-0.2, -0.15) is 15.0 Å². The molecule has 0 atom stereocenters. The van der Waals surface area contributed by atoms with E-state index in [-0.39, 0.29) is 0 Å². The van der Waals surface area contributed by atoms with E-state index < -0.39 is 0 Å². The first-order valence-electron chi connectivity index (χ1n) is 14.6. The van der Waals surface area contributed by atoms with Crippen molar-refractivity contribution in [2.24, 2.45) is 0 Å². The molecule has 0 aliphatic rings. The zero-order chi connectivity index (χ0) is 29.5. The summed E-state index contributed by atoms with van der Waals surface area (Å²) < 4.78 is 6.22. The highest BCUT2D eigenvalue weighted by Gasteiger charge is 2.22. The SMILES string of the molecule is c1ccc2c(c1)c1ncccc1n2-c1nc(-n2c3ccccc3c3ncccc32)nc(-n2c3ccccc3c3ncccc32)n1. The molecule has 0 N–H and O–H groups in total. The number of aromatic nitrogens is 9. The molecule has 0 aliphatic carbocycles. The van der Waals surface area contributed by atoms with Crippen LogP contribution >= 0.6 is 0 Å². The zero-order valence-corrected chi connectivity index (χ0v) is 23.6. The van der Waals surface area contributed by atoms with E-state index in [2.05, 4.69) is 68.3 Å². The highest BCUT2D eigenvalue weighted by atomic mass is 15.3. The normalized spacial score (nSPS) is 12.0. The molecule has 7 aromatic heterocycles. The number of pyridine rings is 3. The maximum atomic E-state index is 5.21. The lowest BCUT2D eigenvalue weighted by molar-refractivity contribution is 0.847. The Morgan fingerprint density at radius 1 is 0.311 bits per heavy atom. The maximum Gasteiger partial charge on any atom is 0.241 e.